The standard InChI is InChI=1S/C26H31N3O5/c1-33-23-18-21(10-12-22(23)34-19-24(27)30)11-13-26(32)29-16-14-28(15-17-29)25(31)9-5-8-20-6-3-2-4-7-20/h2-4,6-7,10-13,18H,5,8-9,14-17,19H2,1H3,(H2,27,30)/b13-11+. The summed E-state index contributed by atoms with van der Waals surface area (Å²) in [5.41, 5.74) is 7.09. The highest BCUT2D eigenvalue weighted by molar-refractivity contribution is 5.92. The first-order valence-electron chi connectivity index (χ1n) is 11.3. The van der Waals surface area contributed by atoms with E-state index >= 15 is 0 Å². The summed E-state index contributed by atoms with van der Waals surface area (Å²) in [5, 5.41) is 0. The molecule has 180 valence electrons. The third-order valence-corrected chi connectivity index (χ3v) is 5.62. The molecule has 1 aliphatic rings. The van der Waals surface area contributed by atoms with Crippen molar-refractivity contribution in [2.75, 3.05) is 39.9 Å². The molecule has 0 aliphatic carbocycles. The third-order valence-electron chi connectivity index (χ3n) is 5.62. The van der Waals surface area contributed by atoms with Crippen molar-refractivity contribution in [1.82, 2.24) is 9.80 Å². The molecule has 0 spiro atoms. The van der Waals surface area contributed by atoms with Crippen molar-refractivity contribution in [2.24, 2.45) is 5.73 Å². The molecule has 2 N–H and O–H groups in total. The summed E-state index contributed by atoms with van der Waals surface area (Å²) in [6, 6.07) is 15.3. The van der Waals surface area contributed by atoms with Gasteiger partial charge in [-0.2, -0.15) is 0 Å². The van der Waals surface area contributed by atoms with Gasteiger partial charge in [0.1, 0.15) is 0 Å². The van der Waals surface area contributed by atoms with Crippen LogP contribution < -0.4 is 15.2 Å². The molecule has 3 rings (SSSR count). The van der Waals surface area contributed by atoms with E-state index in [1.807, 2.05) is 23.1 Å². The number of primary amides is 1. The van der Waals surface area contributed by atoms with E-state index in [0.29, 0.717) is 44.1 Å². The van der Waals surface area contributed by atoms with Crippen LogP contribution in [0.3, 0.4) is 0 Å². The quantitative estimate of drug-likeness (QED) is 0.543. The minimum atomic E-state index is -0.578. The molecule has 0 saturated carbocycles. The number of aryl methyl sites for hydroxylation is 1. The fourth-order valence-electron chi connectivity index (χ4n) is 3.75. The number of amides is 3. The minimum absolute atomic E-state index is 0.107. The van der Waals surface area contributed by atoms with Crippen molar-refractivity contribution in [3.8, 4) is 11.5 Å². The van der Waals surface area contributed by atoms with E-state index in [2.05, 4.69) is 12.1 Å². The Morgan fingerprint density at radius 2 is 1.68 bits per heavy atom. The van der Waals surface area contributed by atoms with Gasteiger partial charge < -0.3 is 25.0 Å². The normalized spacial score (nSPS) is 13.7. The third kappa shape index (κ3) is 7.37. The van der Waals surface area contributed by atoms with Crippen LogP contribution in [0.15, 0.2) is 54.6 Å². The first-order valence-corrected chi connectivity index (χ1v) is 11.3. The first-order chi connectivity index (χ1) is 16.5. The van der Waals surface area contributed by atoms with Crippen LogP contribution in [0.5, 0.6) is 11.5 Å². The van der Waals surface area contributed by atoms with Crippen LogP contribution in [0.2, 0.25) is 0 Å². The second kappa shape index (κ2) is 12.4. The van der Waals surface area contributed by atoms with Crippen LogP contribution >= 0.6 is 0 Å². The second-order valence-electron chi connectivity index (χ2n) is 8.04. The van der Waals surface area contributed by atoms with E-state index in [-0.39, 0.29) is 18.4 Å². The Hall–Kier alpha value is -3.81. The zero-order chi connectivity index (χ0) is 24.3. The highest BCUT2D eigenvalue weighted by Crippen LogP contribution is 2.28. The van der Waals surface area contributed by atoms with E-state index in [1.54, 1.807) is 29.2 Å². The van der Waals surface area contributed by atoms with Crippen molar-refractivity contribution < 1.29 is 23.9 Å². The Bertz CT molecular complexity index is 1010. The molecule has 0 radical (unpaired) electrons. The summed E-state index contributed by atoms with van der Waals surface area (Å²) < 4.78 is 10.6. The zero-order valence-electron chi connectivity index (χ0n) is 19.4. The number of hydrogen-bond donors (Lipinski definition) is 1. The van der Waals surface area contributed by atoms with E-state index in [4.69, 9.17) is 15.2 Å². The Morgan fingerprint density at radius 1 is 0.971 bits per heavy atom. The van der Waals surface area contributed by atoms with Crippen LogP contribution in [0, 0.1) is 0 Å². The maximum absolute atomic E-state index is 12.6. The fraction of sp³-hybridized carbons (Fsp3) is 0.346. The molecule has 1 fully saturated rings. The Morgan fingerprint density at radius 3 is 2.35 bits per heavy atom. The van der Waals surface area contributed by atoms with E-state index in [9.17, 15) is 14.4 Å². The molecule has 0 atom stereocenters. The summed E-state index contributed by atoms with van der Waals surface area (Å²) >= 11 is 0. The van der Waals surface area contributed by atoms with Crippen molar-refractivity contribution in [2.45, 2.75) is 19.3 Å². The lowest BCUT2D eigenvalue weighted by Gasteiger charge is -2.34. The number of piperazine rings is 1. The lowest BCUT2D eigenvalue weighted by molar-refractivity contribution is -0.137. The SMILES string of the molecule is COc1cc(/C=C/C(=O)N2CCN(C(=O)CCCc3ccccc3)CC2)ccc1OCC(N)=O. The lowest BCUT2D eigenvalue weighted by atomic mass is 10.1. The summed E-state index contributed by atoms with van der Waals surface area (Å²) in [6.07, 6.45) is 5.43. The van der Waals surface area contributed by atoms with Crippen molar-refractivity contribution in [1.29, 1.82) is 0 Å². The van der Waals surface area contributed by atoms with Gasteiger partial charge in [-0.15, -0.1) is 0 Å². The van der Waals surface area contributed by atoms with Gasteiger partial charge in [0.25, 0.3) is 5.91 Å². The van der Waals surface area contributed by atoms with Gasteiger partial charge in [-0.3, -0.25) is 14.4 Å². The number of methoxy groups -OCH3 is 1. The lowest BCUT2D eigenvalue weighted by Crippen LogP contribution is -2.50. The molecule has 0 bridgehead atoms. The molecule has 0 unspecified atom stereocenters. The zero-order valence-corrected chi connectivity index (χ0v) is 19.4. The molecule has 2 aromatic rings. The van der Waals surface area contributed by atoms with Gasteiger partial charge in [0.05, 0.1) is 7.11 Å². The molecule has 3 amide bonds. The molecule has 2 aromatic carbocycles. The van der Waals surface area contributed by atoms with Gasteiger partial charge in [-0.05, 0) is 42.2 Å². The number of hydrogen-bond acceptors (Lipinski definition) is 5. The van der Waals surface area contributed by atoms with Crippen LogP contribution in [-0.2, 0) is 20.8 Å². The summed E-state index contributed by atoms with van der Waals surface area (Å²) in [7, 11) is 1.49. The number of ether oxygens (including phenoxy) is 2. The average molecular weight is 466 g/mol. The summed E-state index contributed by atoms with van der Waals surface area (Å²) in [4.78, 5) is 39.6. The Balaban J connectivity index is 1.45. The molecular weight excluding hydrogens is 434 g/mol. The summed E-state index contributed by atoms with van der Waals surface area (Å²) in [6.45, 7) is 1.87. The molecule has 1 aliphatic heterocycles. The number of carbonyl (C=O) groups is 3. The molecule has 34 heavy (non-hydrogen) atoms. The molecular formula is C26H31N3O5. The van der Waals surface area contributed by atoms with Gasteiger partial charge >= 0.3 is 0 Å². The van der Waals surface area contributed by atoms with Crippen molar-refractivity contribution in [3.63, 3.8) is 0 Å². The maximum atomic E-state index is 12.6. The van der Waals surface area contributed by atoms with E-state index in [0.717, 1.165) is 18.4 Å². The van der Waals surface area contributed by atoms with Gasteiger partial charge in [-0.25, -0.2) is 0 Å². The van der Waals surface area contributed by atoms with Gasteiger partial charge in [0.15, 0.2) is 18.1 Å². The van der Waals surface area contributed by atoms with Crippen LogP contribution in [0.4, 0.5) is 0 Å². The van der Waals surface area contributed by atoms with Crippen molar-refractivity contribution >= 4 is 23.8 Å². The van der Waals surface area contributed by atoms with Crippen molar-refractivity contribution in [3.05, 3.63) is 65.7 Å². The average Bonchev–Trinajstić information content (AvgIpc) is 2.86. The fourth-order valence-corrected chi connectivity index (χ4v) is 3.75. The highest BCUT2D eigenvalue weighted by atomic mass is 16.5. The van der Waals surface area contributed by atoms with E-state index < -0.39 is 5.91 Å². The molecule has 8 heteroatoms. The second-order valence-corrected chi connectivity index (χ2v) is 8.04. The summed E-state index contributed by atoms with van der Waals surface area (Å²) in [5.74, 6) is 0.295. The molecule has 8 nitrogen and oxygen atoms in total. The topological polar surface area (TPSA) is 102 Å². The molecule has 0 aromatic heterocycles. The maximum Gasteiger partial charge on any atom is 0.255 e. The highest BCUT2D eigenvalue weighted by Gasteiger charge is 2.22. The molecule has 1 heterocycles. The largest absolute Gasteiger partial charge is 0.493 e. The first kappa shape index (κ1) is 24.8. The Kier molecular flexibility index (Phi) is 9.08. The monoisotopic (exact) mass is 465 g/mol. The number of nitrogens with two attached hydrogens (primary N) is 1. The van der Waals surface area contributed by atoms with Gasteiger partial charge in [0.2, 0.25) is 11.8 Å². The van der Waals surface area contributed by atoms with Crippen LogP contribution in [0.25, 0.3) is 6.08 Å². The van der Waals surface area contributed by atoms with Gasteiger partial charge in [-0.1, -0.05) is 36.4 Å². The van der Waals surface area contributed by atoms with Crippen LogP contribution in [-0.4, -0.2) is 67.4 Å². The number of benzene rings is 2. The predicted octanol–water partition coefficient (Wildman–Crippen LogP) is 2.27. The van der Waals surface area contributed by atoms with Crippen LogP contribution in [0.1, 0.15) is 24.0 Å². The predicted molar refractivity (Wildman–Crippen MR) is 129 cm³/mol. The number of rotatable bonds is 10. The minimum Gasteiger partial charge on any atom is -0.493 e. The number of nitrogens with zero attached hydrogens (tertiary/aromatic N) is 2. The molecule has 1 saturated heterocycles. The number of carbonyl (C=O) groups excluding carboxylic acids is 3. The van der Waals surface area contributed by atoms with E-state index in [1.165, 1.54) is 18.7 Å². The Labute approximate surface area is 199 Å². The smallest absolute Gasteiger partial charge is 0.255 e. The van der Waals surface area contributed by atoms with Gasteiger partial charge in [0, 0.05) is 38.7 Å².